The summed E-state index contributed by atoms with van der Waals surface area (Å²) in [5.74, 6) is 1.72. The standard InChI is InChI=1S/C25H26ClN3OS/c1-16-10-11-17(15-19(16)26)21-12-13-22(30-21)24-23(20-9-5-6-14-27-20)28-25(31)29(24)18-7-3-2-4-8-18/h5-6,9-15,18,23-24H,2-4,7-8H2,1H3,(H,28,31)/t23-,24+/m0/s1. The van der Waals surface area contributed by atoms with Crippen LogP contribution in [0.25, 0.3) is 11.3 Å². The fourth-order valence-electron chi connectivity index (χ4n) is 4.84. The summed E-state index contributed by atoms with van der Waals surface area (Å²) < 4.78 is 6.44. The number of aryl methyl sites for hydroxylation is 1. The van der Waals surface area contributed by atoms with Crippen LogP contribution in [0.15, 0.2) is 59.1 Å². The van der Waals surface area contributed by atoms with Crippen molar-refractivity contribution in [2.45, 2.75) is 57.2 Å². The number of furan rings is 1. The van der Waals surface area contributed by atoms with Gasteiger partial charge in [0.15, 0.2) is 5.11 Å². The number of hydrogen-bond acceptors (Lipinski definition) is 3. The minimum atomic E-state index is -0.0452. The second-order valence-corrected chi connectivity index (χ2v) is 9.29. The highest BCUT2D eigenvalue weighted by Crippen LogP contribution is 2.43. The van der Waals surface area contributed by atoms with Gasteiger partial charge in [-0.3, -0.25) is 4.98 Å². The maximum absolute atomic E-state index is 6.44. The Morgan fingerprint density at radius 3 is 2.68 bits per heavy atom. The van der Waals surface area contributed by atoms with Gasteiger partial charge in [-0.2, -0.15) is 0 Å². The first-order chi connectivity index (χ1) is 15.1. The van der Waals surface area contributed by atoms with E-state index in [0.717, 1.165) is 51.3 Å². The Bertz CT molecular complexity index is 1080. The summed E-state index contributed by atoms with van der Waals surface area (Å²) in [6.07, 6.45) is 7.95. The van der Waals surface area contributed by atoms with Crippen LogP contribution in [-0.4, -0.2) is 21.0 Å². The Labute approximate surface area is 193 Å². The molecule has 2 aromatic heterocycles. The number of pyridine rings is 1. The molecule has 1 aliphatic carbocycles. The van der Waals surface area contributed by atoms with Crippen molar-refractivity contribution in [2.75, 3.05) is 0 Å². The van der Waals surface area contributed by atoms with Crippen LogP contribution in [0.3, 0.4) is 0 Å². The van der Waals surface area contributed by atoms with Gasteiger partial charge in [-0.1, -0.05) is 49.1 Å². The molecule has 0 unspecified atom stereocenters. The first-order valence-corrected chi connectivity index (χ1v) is 11.8. The van der Waals surface area contributed by atoms with E-state index in [9.17, 15) is 0 Å². The van der Waals surface area contributed by atoms with Gasteiger partial charge in [0.25, 0.3) is 0 Å². The predicted octanol–water partition coefficient (Wildman–Crippen LogP) is 6.61. The maximum Gasteiger partial charge on any atom is 0.170 e. The van der Waals surface area contributed by atoms with Crippen molar-refractivity contribution in [1.29, 1.82) is 0 Å². The number of hydrogen-bond donors (Lipinski definition) is 1. The van der Waals surface area contributed by atoms with Crippen LogP contribution in [-0.2, 0) is 0 Å². The molecule has 0 radical (unpaired) electrons. The van der Waals surface area contributed by atoms with Gasteiger partial charge < -0.3 is 14.6 Å². The molecule has 1 aliphatic heterocycles. The molecule has 31 heavy (non-hydrogen) atoms. The van der Waals surface area contributed by atoms with Crippen LogP contribution in [0.2, 0.25) is 5.02 Å². The van der Waals surface area contributed by atoms with Gasteiger partial charge in [0.2, 0.25) is 0 Å². The Kier molecular flexibility index (Phi) is 5.72. The van der Waals surface area contributed by atoms with E-state index in [4.69, 9.17) is 28.2 Å². The lowest BCUT2D eigenvalue weighted by molar-refractivity contribution is 0.179. The van der Waals surface area contributed by atoms with Gasteiger partial charge in [0, 0.05) is 22.8 Å². The molecule has 1 aromatic carbocycles. The molecule has 1 N–H and O–H groups in total. The van der Waals surface area contributed by atoms with Crippen molar-refractivity contribution in [1.82, 2.24) is 15.2 Å². The average molecular weight is 452 g/mol. The van der Waals surface area contributed by atoms with Crippen molar-refractivity contribution in [2.24, 2.45) is 0 Å². The summed E-state index contributed by atoms with van der Waals surface area (Å²) >= 11 is 12.2. The molecule has 5 rings (SSSR count). The summed E-state index contributed by atoms with van der Waals surface area (Å²) in [6, 6.07) is 16.5. The zero-order valence-electron chi connectivity index (χ0n) is 17.6. The van der Waals surface area contributed by atoms with Crippen molar-refractivity contribution in [3.63, 3.8) is 0 Å². The third-order valence-electron chi connectivity index (χ3n) is 6.48. The van der Waals surface area contributed by atoms with E-state index in [1.54, 1.807) is 0 Å². The van der Waals surface area contributed by atoms with Gasteiger partial charge in [0.05, 0.1) is 11.7 Å². The smallest absolute Gasteiger partial charge is 0.170 e. The fourth-order valence-corrected chi connectivity index (χ4v) is 5.41. The summed E-state index contributed by atoms with van der Waals surface area (Å²) in [6.45, 7) is 2.00. The van der Waals surface area contributed by atoms with E-state index in [2.05, 4.69) is 33.4 Å². The molecule has 3 aromatic rings. The zero-order chi connectivity index (χ0) is 21.4. The average Bonchev–Trinajstić information content (AvgIpc) is 3.41. The molecule has 3 heterocycles. The SMILES string of the molecule is Cc1ccc(-c2ccc([C@@H]3[C@H](c4ccccn4)NC(=S)N3C3CCCCC3)o2)cc1Cl. The van der Waals surface area contributed by atoms with Crippen molar-refractivity contribution >= 4 is 28.9 Å². The molecule has 1 saturated heterocycles. The van der Waals surface area contributed by atoms with Crippen LogP contribution in [0.4, 0.5) is 0 Å². The predicted molar refractivity (Wildman–Crippen MR) is 128 cm³/mol. The lowest BCUT2D eigenvalue weighted by atomic mass is 9.92. The van der Waals surface area contributed by atoms with E-state index in [-0.39, 0.29) is 12.1 Å². The molecule has 6 heteroatoms. The first-order valence-electron chi connectivity index (χ1n) is 11.0. The van der Waals surface area contributed by atoms with Gasteiger partial charge in [-0.15, -0.1) is 0 Å². The third kappa shape index (κ3) is 3.97. The van der Waals surface area contributed by atoms with Crippen LogP contribution in [0.1, 0.15) is 61.2 Å². The van der Waals surface area contributed by atoms with Crippen molar-refractivity contribution < 1.29 is 4.42 Å². The molecule has 0 bridgehead atoms. The van der Waals surface area contributed by atoms with E-state index in [1.165, 1.54) is 19.3 Å². The molecule has 4 nitrogen and oxygen atoms in total. The van der Waals surface area contributed by atoms with Crippen LogP contribution in [0, 0.1) is 6.92 Å². The minimum Gasteiger partial charge on any atom is -0.459 e. The number of benzene rings is 1. The van der Waals surface area contributed by atoms with E-state index in [1.807, 2.05) is 43.5 Å². The summed E-state index contributed by atoms with van der Waals surface area (Å²) in [4.78, 5) is 7.00. The van der Waals surface area contributed by atoms with Crippen LogP contribution >= 0.6 is 23.8 Å². The number of thiocarbonyl (C=S) groups is 1. The normalized spacial score (nSPS) is 22.0. The Balaban J connectivity index is 1.54. The van der Waals surface area contributed by atoms with Crippen molar-refractivity contribution in [3.8, 4) is 11.3 Å². The molecule has 0 amide bonds. The Hall–Kier alpha value is -2.37. The highest BCUT2D eigenvalue weighted by Gasteiger charge is 2.44. The van der Waals surface area contributed by atoms with Crippen molar-refractivity contribution in [3.05, 3.63) is 76.8 Å². The number of halogens is 1. The fraction of sp³-hybridized carbons (Fsp3) is 0.360. The molecule has 2 atom stereocenters. The van der Waals surface area contributed by atoms with E-state index in [0.29, 0.717) is 6.04 Å². The molecular weight excluding hydrogens is 426 g/mol. The monoisotopic (exact) mass is 451 g/mol. The number of nitrogens with one attached hydrogen (secondary N) is 1. The molecular formula is C25H26ClN3OS. The lowest BCUT2D eigenvalue weighted by Gasteiger charge is -2.36. The maximum atomic E-state index is 6.44. The van der Waals surface area contributed by atoms with Gasteiger partial charge >= 0.3 is 0 Å². The summed E-state index contributed by atoms with van der Waals surface area (Å²) in [7, 11) is 0. The number of aromatic nitrogens is 1. The highest BCUT2D eigenvalue weighted by molar-refractivity contribution is 7.80. The van der Waals surface area contributed by atoms with Gasteiger partial charge in [-0.05, 0) is 67.9 Å². The second kappa shape index (κ2) is 8.64. The zero-order valence-corrected chi connectivity index (χ0v) is 19.1. The first kappa shape index (κ1) is 20.5. The molecule has 0 spiro atoms. The quantitative estimate of drug-likeness (QED) is 0.452. The van der Waals surface area contributed by atoms with E-state index >= 15 is 0 Å². The number of nitrogens with zero attached hydrogens (tertiary/aromatic N) is 2. The summed E-state index contributed by atoms with van der Waals surface area (Å²) in [5.41, 5.74) is 3.01. The third-order valence-corrected chi connectivity index (χ3v) is 7.21. The number of rotatable bonds is 4. The largest absolute Gasteiger partial charge is 0.459 e. The minimum absolute atomic E-state index is 0.0276. The summed E-state index contributed by atoms with van der Waals surface area (Å²) in [5, 5.41) is 5.09. The topological polar surface area (TPSA) is 41.3 Å². The lowest BCUT2D eigenvalue weighted by Crippen LogP contribution is -2.40. The van der Waals surface area contributed by atoms with Gasteiger partial charge in [-0.25, -0.2) is 0 Å². The molecule has 2 aliphatic rings. The Morgan fingerprint density at radius 2 is 1.94 bits per heavy atom. The Morgan fingerprint density at radius 1 is 1.10 bits per heavy atom. The van der Waals surface area contributed by atoms with E-state index < -0.39 is 0 Å². The second-order valence-electron chi connectivity index (χ2n) is 8.49. The highest BCUT2D eigenvalue weighted by atomic mass is 35.5. The molecule has 160 valence electrons. The molecule has 1 saturated carbocycles. The molecule has 2 fully saturated rings. The van der Waals surface area contributed by atoms with Crippen LogP contribution < -0.4 is 5.32 Å². The van der Waals surface area contributed by atoms with Crippen LogP contribution in [0.5, 0.6) is 0 Å². The van der Waals surface area contributed by atoms with Gasteiger partial charge in [0.1, 0.15) is 17.6 Å².